The average molecular weight is 427 g/mol. The summed E-state index contributed by atoms with van der Waals surface area (Å²) in [6.45, 7) is 2.04. The first-order chi connectivity index (χ1) is 14.4. The van der Waals surface area contributed by atoms with E-state index in [1.54, 1.807) is 12.1 Å². The van der Waals surface area contributed by atoms with Crippen LogP contribution in [0.1, 0.15) is 18.1 Å². The lowest BCUT2D eigenvalue weighted by Crippen LogP contribution is -2.45. The zero-order chi connectivity index (χ0) is 21.6. The lowest BCUT2D eigenvalue weighted by atomic mass is 10.1. The Morgan fingerprint density at radius 1 is 0.900 bits per heavy atom. The van der Waals surface area contributed by atoms with E-state index in [9.17, 15) is 17.6 Å². The number of benzene rings is 3. The number of aryl methyl sites for hydroxylation is 1. The standard InChI is InChI=1S/C23H23FN2O3S/c1-2-17-8-12-20(13-9-17)25-23(27)22(16-18-6-4-3-5-7-18)26-30(28,29)21-14-10-19(24)11-15-21/h3-15,22,26H,2,16H2,1H3,(H,25,27). The first-order valence-corrected chi connectivity index (χ1v) is 11.1. The van der Waals surface area contributed by atoms with Crippen LogP contribution in [0, 0.1) is 5.82 Å². The van der Waals surface area contributed by atoms with E-state index < -0.39 is 27.8 Å². The zero-order valence-corrected chi connectivity index (χ0v) is 17.3. The highest BCUT2D eigenvalue weighted by atomic mass is 32.2. The Kier molecular flexibility index (Phi) is 6.97. The number of sulfonamides is 1. The minimum atomic E-state index is -4.02. The molecule has 7 heteroatoms. The van der Waals surface area contributed by atoms with Crippen molar-refractivity contribution >= 4 is 21.6 Å². The molecule has 5 nitrogen and oxygen atoms in total. The fourth-order valence-electron chi connectivity index (χ4n) is 2.96. The minimum absolute atomic E-state index is 0.109. The van der Waals surface area contributed by atoms with E-state index in [1.165, 1.54) is 12.1 Å². The molecule has 1 atom stereocenters. The molecule has 0 spiro atoms. The van der Waals surface area contributed by atoms with Gasteiger partial charge in [-0.25, -0.2) is 12.8 Å². The summed E-state index contributed by atoms with van der Waals surface area (Å²) in [5, 5.41) is 2.77. The molecule has 3 aromatic carbocycles. The van der Waals surface area contributed by atoms with Crippen LogP contribution in [-0.2, 0) is 27.7 Å². The Labute approximate surface area is 176 Å². The van der Waals surface area contributed by atoms with E-state index in [1.807, 2.05) is 49.4 Å². The van der Waals surface area contributed by atoms with Gasteiger partial charge in [-0.3, -0.25) is 4.79 Å². The molecule has 0 aliphatic carbocycles. The zero-order valence-electron chi connectivity index (χ0n) is 16.5. The molecule has 0 aliphatic heterocycles. The van der Waals surface area contributed by atoms with E-state index >= 15 is 0 Å². The second-order valence-electron chi connectivity index (χ2n) is 6.86. The predicted molar refractivity (Wildman–Crippen MR) is 115 cm³/mol. The molecule has 0 aliphatic rings. The molecule has 0 radical (unpaired) electrons. The number of rotatable bonds is 8. The van der Waals surface area contributed by atoms with Crippen LogP contribution >= 0.6 is 0 Å². The molecule has 1 amide bonds. The van der Waals surface area contributed by atoms with Gasteiger partial charge < -0.3 is 5.32 Å². The summed E-state index contributed by atoms with van der Waals surface area (Å²) in [4.78, 5) is 12.8. The van der Waals surface area contributed by atoms with Gasteiger partial charge in [-0.05, 0) is 60.4 Å². The second kappa shape index (κ2) is 9.65. The van der Waals surface area contributed by atoms with Crippen molar-refractivity contribution in [2.45, 2.75) is 30.7 Å². The molecule has 0 fully saturated rings. The van der Waals surface area contributed by atoms with Crippen molar-refractivity contribution < 1.29 is 17.6 Å². The Morgan fingerprint density at radius 3 is 2.13 bits per heavy atom. The quantitative estimate of drug-likeness (QED) is 0.573. The molecule has 0 aromatic heterocycles. The average Bonchev–Trinajstić information content (AvgIpc) is 2.74. The van der Waals surface area contributed by atoms with Crippen LogP contribution in [-0.4, -0.2) is 20.4 Å². The highest BCUT2D eigenvalue weighted by Gasteiger charge is 2.26. The summed E-state index contributed by atoms with van der Waals surface area (Å²) in [7, 11) is -4.02. The third-order valence-electron chi connectivity index (χ3n) is 4.65. The van der Waals surface area contributed by atoms with Crippen molar-refractivity contribution in [3.8, 4) is 0 Å². The number of hydrogen-bond acceptors (Lipinski definition) is 3. The lowest BCUT2D eigenvalue weighted by molar-refractivity contribution is -0.117. The molecule has 3 aromatic rings. The Hall–Kier alpha value is -3.03. The van der Waals surface area contributed by atoms with Crippen molar-refractivity contribution in [1.29, 1.82) is 0 Å². The largest absolute Gasteiger partial charge is 0.325 e. The van der Waals surface area contributed by atoms with Gasteiger partial charge >= 0.3 is 0 Å². The SMILES string of the molecule is CCc1ccc(NC(=O)C(Cc2ccccc2)NS(=O)(=O)c2ccc(F)cc2)cc1. The molecule has 1 unspecified atom stereocenters. The fraction of sp³-hybridized carbons (Fsp3) is 0.174. The molecule has 0 saturated heterocycles. The third kappa shape index (κ3) is 5.75. The monoisotopic (exact) mass is 426 g/mol. The first kappa shape index (κ1) is 21.7. The summed E-state index contributed by atoms with van der Waals surface area (Å²) in [5.74, 6) is -1.02. The molecule has 0 saturated carbocycles. The predicted octanol–water partition coefficient (Wildman–Crippen LogP) is 3.92. The third-order valence-corrected chi connectivity index (χ3v) is 6.14. The maximum Gasteiger partial charge on any atom is 0.242 e. The second-order valence-corrected chi connectivity index (χ2v) is 8.57. The van der Waals surface area contributed by atoms with Crippen LogP contribution in [0.2, 0.25) is 0 Å². The summed E-state index contributed by atoms with van der Waals surface area (Å²) >= 11 is 0. The molecule has 0 heterocycles. The smallest absolute Gasteiger partial charge is 0.242 e. The topological polar surface area (TPSA) is 75.3 Å². The Morgan fingerprint density at radius 2 is 1.53 bits per heavy atom. The molecule has 3 rings (SSSR count). The van der Waals surface area contributed by atoms with Gasteiger partial charge in [0.2, 0.25) is 15.9 Å². The normalized spacial score (nSPS) is 12.3. The summed E-state index contributed by atoms with van der Waals surface area (Å²) in [6.07, 6.45) is 1.04. The number of carbonyl (C=O) groups is 1. The molecule has 2 N–H and O–H groups in total. The number of amides is 1. The van der Waals surface area contributed by atoms with Crippen LogP contribution in [0.25, 0.3) is 0 Å². The maximum absolute atomic E-state index is 13.2. The van der Waals surface area contributed by atoms with Crippen molar-refractivity contribution in [3.05, 3.63) is 95.8 Å². The Balaban J connectivity index is 1.83. The van der Waals surface area contributed by atoms with E-state index in [0.29, 0.717) is 5.69 Å². The summed E-state index contributed by atoms with van der Waals surface area (Å²) in [6, 6.07) is 19.9. The van der Waals surface area contributed by atoms with E-state index in [4.69, 9.17) is 0 Å². The summed E-state index contributed by atoms with van der Waals surface area (Å²) in [5.41, 5.74) is 2.52. The highest BCUT2D eigenvalue weighted by molar-refractivity contribution is 7.89. The fourth-order valence-corrected chi connectivity index (χ4v) is 4.16. The maximum atomic E-state index is 13.2. The van der Waals surface area contributed by atoms with Crippen LogP contribution < -0.4 is 10.0 Å². The number of anilines is 1. The van der Waals surface area contributed by atoms with Crippen LogP contribution in [0.3, 0.4) is 0 Å². The molecule has 0 bridgehead atoms. The molecular formula is C23H23FN2O3S. The summed E-state index contributed by atoms with van der Waals surface area (Å²) < 4.78 is 41.2. The number of halogens is 1. The van der Waals surface area contributed by atoms with Crippen molar-refractivity contribution in [3.63, 3.8) is 0 Å². The van der Waals surface area contributed by atoms with Gasteiger partial charge in [0.25, 0.3) is 0 Å². The van der Waals surface area contributed by atoms with Gasteiger partial charge in [0.1, 0.15) is 11.9 Å². The van der Waals surface area contributed by atoms with Gasteiger partial charge in [-0.2, -0.15) is 4.72 Å². The van der Waals surface area contributed by atoms with Gasteiger partial charge in [-0.1, -0.05) is 49.4 Å². The lowest BCUT2D eigenvalue weighted by Gasteiger charge is -2.19. The van der Waals surface area contributed by atoms with Crippen LogP contribution in [0.4, 0.5) is 10.1 Å². The highest BCUT2D eigenvalue weighted by Crippen LogP contribution is 2.15. The van der Waals surface area contributed by atoms with Crippen molar-refractivity contribution in [1.82, 2.24) is 4.72 Å². The van der Waals surface area contributed by atoms with E-state index in [0.717, 1.165) is 29.7 Å². The van der Waals surface area contributed by atoms with Gasteiger partial charge in [0, 0.05) is 5.69 Å². The van der Waals surface area contributed by atoms with Gasteiger partial charge in [0.05, 0.1) is 4.90 Å². The number of hydrogen-bond donors (Lipinski definition) is 2. The van der Waals surface area contributed by atoms with Crippen molar-refractivity contribution in [2.24, 2.45) is 0 Å². The van der Waals surface area contributed by atoms with E-state index in [2.05, 4.69) is 10.0 Å². The first-order valence-electron chi connectivity index (χ1n) is 9.59. The van der Waals surface area contributed by atoms with E-state index in [-0.39, 0.29) is 11.3 Å². The molecular weight excluding hydrogens is 403 g/mol. The number of nitrogens with one attached hydrogen (secondary N) is 2. The van der Waals surface area contributed by atoms with Crippen molar-refractivity contribution in [2.75, 3.05) is 5.32 Å². The molecule has 30 heavy (non-hydrogen) atoms. The van der Waals surface area contributed by atoms with Gasteiger partial charge in [-0.15, -0.1) is 0 Å². The molecule has 156 valence electrons. The van der Waals surface area contributed by atoms with Crippen LogP contribution in [0.5, 0.6) is 0 Å². The minimum Gasteiger partial charge on any atom is -0.325 e. The van der Waals surface area contributed by atoms with Gasteiger partial charge in [0.15, 0.2) is 0 Å². The number of carbonyl (C=O) groups excluding carboxylic acids is 1. The Bertz CT molecular complexity index is 1080. The van der Waals surface area contributed by atoms with Crippen LogP contribution in [0.15, 0.2) is 83.8 Å².